The number of halogens is 1. The third kappa shape index (κ3) is 5.17. The van der Waals surface area contributed by atoms with E-state index in [1.807, 2.05) is 7.05 Å². The summed E-state index contributed by atoms with van der Waals surface area (Å²) in [6.07, 6.45) is 5.75. The van der Waals surface area contributed by atoms with Gasteiger partial charge in [-0.05, 0) is 32.2 Å². The lowest BCUT2D eigenvalue weighted by molar-refractivity contribution is -0.124. The molecule has 0 bridgehead atoms. The first-order valence-corrected chi connectivity index (χ1v) is 6.11. The summed E-state index contributed by atoms with van der Waals surface area (Å²) in [6, 6.07) is 0.408. The second-order valence-corrected chi connectivity index (χ2v) is 4.96. The van der Waals surface area contributed by atoms with Gasteiger partial charge in [-0.25, -0.2) is 0 Å². The topological polar surface area (TPSA) is 41.1 Å². The maximum absolute atomic E-state index is 11.9. The monoisotopic (exact) mass is 248 g/mol. The summed E-state index contributed by atoms with van der Waals surface area (Å²) in [6.45, 7) is 4.29. The van der Waals surface area contributed by atoms with Crippen LogP contribution in [0.1, 0.15) is 46.0 Å². The Morgan fingerprint density at radius 2 is 1.88 bits per heavy atom. The predicted octanol–water partition coefficient (Wildman–Crippen LogP) is 2.10. The van der Waals surface area contributed by atoms with Crippen molar-refractivity contribution in [3.05, 3.63) is 0 Å². The maximum Gasteiger partial charge on any atom is 0.237 e. The molecule has 1 aliphatic rings. The van der Waals surface area contributed by atoms with E-state index in [-0.39, 0.29) is 24.4 Å². The molecule has 1 aliphatic carbocycles. The number of rotatable bonds is 5. The van der Waals surface area contributed by atoms with Crippen LogP contribution in [0.3, 0.4) is 0 Å². The Kier molecular flexibility index (Phi) is 7.77. The highest BCUT2D eigenvalue weighted by atomic mass is 35.5. The van der Waals surface area contributed by atoms with E-state index in [4.69, 9.17) is 0 Å². The Hall–Kier alpha value is -0.280. The van der Waals surface area contributed by atoms with Crippen molar-refractivity contribution in [2.75, 3.05) is 7.05 Å². The van der Waals surface area contributed by atoms with E-state index in [0.717, 1.165) is 19.3 Å². The van der Waals surface area contributed by atoms with Crippen LogP contribution in [-0.4, -0.2) is 25.0 Å². The summed E-state index contributed by atoms with van der Waals surface area (Å²) < 4.78 is 0. The van der Waals surface area contributed by atoms with Crippen molar-refractivity contribution >= 4 is 18.3 Å². The van der Waals surface area contributed by atoms with Gasteiger partial charge in [0.15, 0.2) is 0 Å². The molecule has 1 fully saturated rings. The molecule has 2 N–H and O–H groups in total. The maximum atomic E-state index is 11.9. The first kappa shape index (κ1) is 15.7. The number of amides is 1. The first-order chi connectivity index (χ1) is 7.13. The summed E-state index contributed by atoms with van der Waals surface area (Å²) >= 11 is 0. The third-order valence-electron chi connectivity index (χ3n) is 3.07. The van der Waals surface area contributed by atoms with Gasteiger partial charge >= 0.3 is 0 Å². The molecule has 0 aromatic carbocycles. The predicted molar refractivity (Wildman–Crippen MR) is 69.9 cm³/mol. The largest absolute Gasteiger partial charge is 0.352 e. The number of hydrogen-bond acceptors (Lipinski definition) is 2. The minimum atomic E-state index is -0.0226. The molecule has 0 aromatic heterocycles. The molecule has 16 heavy (non-hydrogen) atoms. The molecule has 3 nitrogen and oxygen atoms in total. The zero-order valence-electron chi connectivity index (χ0n) is 10.6. The van der Waals surface area contributed by atoms with Crippen LogP contribution >= 0.6 is 12.4 Å². The van der Waals surface area contributed by atoms with Crippen LogP contribution in [0.25, 0.3) is 0 Å². The molecule has 0 radical (unpaired) electrons. The van der Waals surface area contributed by atoms with Gasteiger partial charge in [0.05, 0.1) is 6.04 Å². The zero-order valence-corrected chi connectivity index (χ0v) is 11.4. The summed E-state index contributed by atoms with van der Waals surface area (Å²) in [5.74, 6) is 0.731. The highest BCUT2D eigenvalue weighted by molar-refractivity contribution is 5.85. The zero-order chi connectivity index (χ0) is 11.3. The van der Waals surface area contributed by atoms with E-state index < -0.39 is 0 Å². The molecule has 0 spiro atoms. The lowest BCUT2D eigenvalue weighted by Crippen LogP contribution is -2.46. The third-order valence-corrected chi connectivity index (χ3v) is 3.07. The van der Waals surface area contributed by atoms with Crippen LogP contribution in [0.5, 0.6) is 0 Å². The molecule has 1 atom stereocenters. The number of likely N-dealkylation sites (N-methyl/N-ethyl adjacent to an activating group) is 1. The van der Waals surface area contributed by atoms with Crippen molar-refractivity contribution in [3.63, 3.8) is 0 Å². The molecule has 4 heteroatoms. The Bertz CT molecular complexity index is 203. The van der Waals surface area contributed by atoms with E-state index >= 15 is 0 Å². The van der Waals surface area contributed by atoms with Gasteiger partial charge in [0.1, 0.15) is 0 Å². The van der Waals surface area contributed by atoms with Gasteiger partial charge < -0.3 is 10.6 Å². The number of carbonyl (C=O) groups is 1. The SMILES string of the molecule is CNC(CC(C)C)C(=O)NC1CCCC1.Cl. The van der Waals surface area contributed by atoms with Gasteiger partial charge in [0, 0.05) is 6.04 Å². The lowest BCUT2D eigenvalue weighted by atomic mass is 10.0. The molecule has 96 valence electrons. The van der Waals surface area contributed by atoms with Crippen LogP contribution < -0.4 is 10.6 Å². The van der Waals surface area contributed by atoms with Crippen molar-refractivity contribution < 1.29 is 4.79 Å². The lowest BCUT2D eigenvalue weighted by Gasteiger charge is -2.20. The quantitative estimate of drug-likeness (QED) is 0.783. The fourth-order valence-electron chi connectivity index (χ4n) is 2.20. The van der Waals surface area contributed by atoms with Crippen LogP contribution in [0, 0.1) is 5.92 Å². The van der Waals surface area contributed by atoms with Crippen molar-refractivity contribution in [3.8, 4) is 0 Å². The molecular weight excluding hydrogens is 224 g/mol. The standard InChI is InChI=1S/C12H24N2O.ClH/c1-9(2)8-11(13-3)12(15)14-10-6-4-5-7-10;/h9-11,13H,4-8H2,1-3H3,(H,14,15);1H. The highest BCUT2D eigenvalue weighted by Crippen LogP contribution is 2.18. The van der Waals surface area contributed by atoms with Gasteiger partial charge in [0.25, 0.3) is 0 Å². The van der Waals surface area contributed by atoms with Crippen LogP contribution in [-0.2, 0) is 4.79 Å². The molecule has 0 aromatic rings. The van der Waals surface area contributed by atoms with Crippen molar-refractivity contribution in [1.82, 2.24) is 10.6 Å². The number of hydrogen-bond donors (Lipinski definition) is 2. The molecule has 1 rings (SSSR count). The van der Waals surface area contributed by atoms with Crippen molar-refractivity contribution in [2.45, 2.75) is 58.0 Å². The highest BCUT2D eigenvalue weighted by Gasteiger charge is 2.22. The Morgan fingerprint density at radius 1 is 1.31 bits per heavy atom. The molecule has 1 unspecified atom stereocenters. The van der Waals surface area contributed by atoms with Crippen LogP contribution in [0.15, 0.2) is 0 Å². The van der Waals surface area contributed by atoms with E-state index in [0.29, 0.717) is 12.0 Å². The van der Waals surface area contributed by atoms with E-state index in [1.54, 1.807) is 0 Å². The van der Waals surface area contributed by atoms with Crippen LogP contribution in [0.2, 0.25) is 0 Å². The van der Waals surface area contributed by atoms with Gasteiger partial charge in [-0.2, -0.15) is 0 Å². The molecular formula is C12H25ClN2O. The number of carbonyl (C=O) groups excluding carboxylic acids is 1. The van der Waals surface area contributed by atoms with Gasteiger partial charge in [-0.1, -0.05) is 26.7 Å². The molecule has 1 amide bonds. The fourth-order valence-corrected chi connectivity index (χ4v) is 2.20. The normalized spacial score (nSPS) is 18.2. The van der Waals surface area contributed by atoms with E-state index in [9.17, 15) is 4.79 Å². The first-order valence-electron chi connectivity index (χ1n) is 6.11. The molecule has 1 saturated carbocycles. The molecule has 0 aliphatic heterocycles. The molecule has 0 saturated heterocycles. The average Bonchev–Trinajstić information content (AvgIpc) is 2.66. The summed E-state index contributed by atoms with van der Waals surface area (Å²) in [5.41, 5.74) is 0. The second kappa shape index (κ2) is 7.91. The molecule has 0 heterocycles. The van der Waals surface area contributed by atoms with Gasteiger partial charge in [0.2, 0.25) is 5.91 Å². The van der Waals surface area contributed by atoms with E-state index in [2.05, 4.69) is 24.5 Å². The van der Waals surface area contributed by atoms with Crippen LogP contribution in [0.4, 0.5) is 0 Å². The van der Waals surface area contributed by atoms with Gasteiger partial charge in [-0.3, -0.25) is 4.79 Å². The Balaban J connectivity index is 0.00000225. The van der Waals surface area contributed by atoms with E-state index in [1.165, 1.54) is 12.8 Å². The fraction of sp³-hybridized carbons (Fsp3) is 0.917. The van der Waals surface area contributed by atoms with Gasteiger partial charge in [-0.15, -0.1) is 12.4 Å². The summed E-state index contributed by atoms with van der Waals surface area (Å²) in [7, 11) is 1.86. The number of nitrogens with one attached hydrogen (secondary N) is 2. The smallest absolute Gasteiger partial charge is 0.237 e. The second-order valence-electron chi connectivity index (χ2n) is 4.96. The minimum absolute atomic E-state index is 0. The van der Waals surface area contributed by atoms with Crippen molar-refractivity contribution in [1.29, 1.82) is 0 Å². The summed E-state index contributed by atoms with van der Waals surface area (Å²) in [4.78, 5) is 11.9. The Morgan fingerprint density at radius 3 is 2.31 bits per heavy atom. The Labute approximate surface area is 105 Å². The minimum Gasteiger partial charge on any atom is -0.352 e. The summed E-state index contributed by atoms with van der Waals surface area (Å²) in [5, 5.41) is 6.23. The van der Waals surface area contributed by atoms with Crippen molar-refractivity contribution in [2.24, 2.45) is 5.92 Å². The average molecular weight is 249 g/mol.